The summed E-state index contributed by atoms with van der Waals surface area (Å²) in [5.41, 5.74) is 3.47. The third kappa shape index (κ3) is 2.34. The van der Waals surface area contributed by atoms with Crippen LogP contribution in [0.4, 0.5) is 0 Å². The molecule has 0 N–H and O–H groups in total. The van der Waals surface area contributed by atoms with E-state index in [1.165, 1.54) is 6.20 Å². The van der Waals surface area contributed by atoms with Gasteiger partial charge in [0.2, 0.25) is 5.88 Å². The van der Waals surface area contributed by atoms with Gasteiger partial charge in [-0.1, -0.05) is 19.1 Å². The monoisotopic (exact) mass is 330 g/mol. The predicted octanol–water partition coefficient (Wildman–Crippen LogP) is 3.35. The second kappa shape index (κ2) is 5.80. The van der Waals surface area contributed by atoms with Crippen LogP contribution < -0.4 is 9.47 Å². The SMILES string of the molecule is CCc1cc(Oc2cccc[n+]2[O-])n2c(nc3ccccc32)c1C#N. The average Bonchev–Trinajstić information content (AvgIpc) is 3.02. The van der Waals surface area contributed by atoms with E-state index in [0.29, 0.717) is 28.2 Å². The lowest BCUT2D eigenvalue weighted by Crippen LogP contribution is -2.27. The van der Waals surface area contributed by atoms with Gasteiger partial charge in [-0.15, -0.1) is 4.73 Å². The number of aryl methyl sites for hydroxylation is 1. The zero-order valence-corrected chi connectivity index (χ0v) is 13.5. The van der Waals surface area contributed by atoms with Gasteiger partial charge in [0.1, 0.15) is 6.07 Å². The summed E-state index contributed by atoms with van der Waals surface area (Å²) in [5.74, 6) is 0.615. The number of nitrogens with zero attached hydrogens (tertiary/aromatic N) is 4. The lowest BCUT2D eigenvalue weighted by Gasteiger charge is -2.11. The van der Waals surface area contributed by atoms with E-state index in [4.69, 9.17) is 4.74 Å². The summed E-state index contributed by atoms with van der Waals surface area (Å²) in [4.78, 5) is 4.59. The van der Waals surface area contributed by atoms with Gasteiger partial charge in [-0.3, -0.25) is 4.40 Å². The van der Waals surface area contributed by atoms with Crippen molar-refractivity contribution in [3.8, 4) is 17.8 Å². The maximum absolute atomic E-state index is 12.0. The van der Waals surface area contributed by atoms with Crippen LogP contribution in [-0.4, -0.2) is 9.38 Å². The fraction of sp³-hybridized carbons (Fsp3) is 0.105. The lowest BCUT2D eigenvalue weighted by molar-refractivity contribution is -0.611. The molecule has 0 atom stereocenters. The van der Waals surface area contributed by atoms with Crippen molar-refractivity contribution in [2.45, 2.75) is 13.3 Å². The summed E-state index contributed by atoms with van der Waals surface area (Å²) >= 11 is 0. The molecule has 0 saturated heterocycles. The van der Waals surface area contributed by atoms with E-state index in [2.05, 4.69) is 11.1 Å². The minimum Gasteiger partial charge on any atom is -0.616 e. The molecule has 6 heteroatoms. The Morgan fingerprint density at radius 3 is 2.80 bits per heavy atom. The van der Waals surface area contributed by atoms with Crippen LogP contribution in [0, 0.1) is 16.5 Å². The minimum atomic E-state index is 0.161. The van der Waals surface area contributed by atoms with Crippen molar-refractivity contribution in [1.82, 2.24) is 9.38 Å². The van der Waals surface area contributed by atoms with E-state index in [1.807, 2.05) is 31.2 Å². The number of benzene rings is 1. The van der Waals surface area contributed by atoms with Crippen LogP contribution in [-0.2, 0) is 6.42 Å². The summed E-state index contributed by atoms with van der Waals surface area (Å²) in [5, 5.41) is 21.6. The van der Waals surface area contributed by atoms with Gasteiger partial charge in [-0.25, -0.2) is 4.98 Å². The van der Waals surface area contributed by atoms with E-state index < -0.39 is 0 Å². The molecule has 0 unspecified atom stereocenters. The molecule has 0 bridgehead atoms. The summed E-state index contributed by atoms with van der Waals surface area (Å²) in [6.45, 7) is 1.97. The smallest absolute Gasteiger partial charge is 0.386 e. The molecule has 1 aromatic carbocycles. The molecule has 0 amide bonds. The number of hydrogen-bond donors (Lipinski definition) is 0. The standard InChI is InChI=1S/C19H14N4O2/c1-2-13-11-18(25-17-9-5-6-10-22(17)24)23-16-8-4-3-7-15(16)21-19(23)14(13)12-20/h3-11H,2H2,1H3. The van der Waals surface area contributed by atoms with Gasteiger partial charge in [-0.05, 0) is 30.2 Å². The van der Waals surface area contributed by atoms with E-state index in [0.717, 1.165) is 16.6 Å². The largest absolute Gasteiger partial charge is 0.616 e. The summed E-state index contributed by atoms with van der Waals surface area (Å²) in [6.07, 6.45) is 2.04. The summed E-state index contributed by atoms with van der Waals surface area (Å²) in [6, 6.07) is 16.6. The van der Waals surface area contributed by atoms with Crippen molar-refractivity contribution in [2.75, 3.05) is 0 Å². The highest BCUT2D eigenvalue weighted by Gasteiger charge is 2.19. The summed E-state index contributed by atoms with van der Waals surface area (Å²) < 4.78 is 8.33. The van der Waals surface area contributed by atoms with Crippen molar-refractivity contribution < 1.29 is 9.47 Å². The van der Waals surface area contributed by atoms with Gasteiger partial charge in [-0.2, -0.15) is 5.26 Å². The fourth-order valence-corrected chi connectivity index (χ4v) is 2.92. The normalized spacial score (nSPS) is 10.9. The molecule has 0 saturated carbocycles. The number of imidazole rings is 1. The quantitative estimate of drug-likeness (QED) is 0.426. The van der Waals surface area contributed by atoms with Crippen molar-refractivity contribution in [3.05, 3.63) is 71.1 Å². The molecular formula is C19H14N4O2. The zero-order valence-electron chi connectivity index (χ0n) is 13.5. The van der Waals surface area contributed by atoms with Crippen molar-refractivity contribution in [1.29, 1.82) is 5.26 Å². The van der Waals surface area contributed by atoms with Gasteiger partial charge in [0.05, 0.1) is 22.7 Å². The summed E-state index contributed by atoms with van der Waals surface area (Å²) in [7, 11) is 0. The van der Waals surface area contributed by atoms with Crippen LogP contribution in [0.1, 0.15) is 18.1 Å². The molecule has 25 heavy (non-hydrogen) atoms. The van der Waals surface area contributed by atoms with Crippen molar-refractivity contribution >= 4 is 16.7 Å². The molecule has 0 fully saturated rings. The van der Waals surface area contributed by atoms with Crippen LogP contribution in [0.25, 0.3) is 16.7 Å². The Morgan fingerprint density at radius 2 is 2.04 bits per heavy atom. The Morgan fingerprint density at radius 1 is 1.24 bits per heavy atom. The van der Waals surface area contributed by atoms with Gasteiger partial charge in [0.15, 0.2) is 11.8 Å². The number of rotatable bonds is 3. The number of aromatic nitrogens is 3. The molecule has 0 aliphatic heterocycles. The molecule has 3 heterocycles. The highest BCUT2D eigenvalue weighted by Crippen LogP contribution is 2.30. The predicted molar refractivity (Wildman–Crippen MR) is 92.3 cm³/mol. The molecule has 0 radical (unpaired) electrons. The molecule has 6 nitrogen and oxygen atoms in total. The Kier molecular flexibility index (Phi) is 3.47. The van der Waals surface area contributed by atoms with Gasteiger partial charge in [0.25, 0.3) is 0 Å². The average molecular weight is 330 g/mol. The molecule has 0 aliphatic rings. The number of nitriles is 1. The van der Waals surface area contributed by atoms with Crippen LogP contribution >= 0.6 is 0 Å². The van der Waals surface area contributed by atoms with Crippen LogP contribution in [0.2, 0.25) is 0 Å². The van der Waals surface area contributed by atoms with Crippen LogP contribution in [0.5, 0.6) is 11.8 Å². The fourth-order valence-electron chi connectivity index (χ4n) is 2.92. The van der Waals surface area contributed by atoms with Crippen LogP contribution in [0.3, 0.4) is 0 Å². The first kappa shape index (κ1) is 15.0. The molecule has 0 aliphatic carbocycles. The molecule has 4 rings (SSSR count). The van der Waals surface area contributed by atoms with E-state index >= 15 is 0 Å². The Bertz CT molecular complexity index is 1140. The third-order valence-electron chi connectivity index (χ3n) is 4.11. The third-order valence-corrected chi connectivity index (χ3v) is 4.11. The second-order valence-corrected chi connectivity index (χ2v) is 5.57. The number of ether oxygens (including phenoxy) is 1. The minimum absolute atomic E-state index is 0.161. The second-order valence-electron chi connectivity index (χ2n) is 5.57. The van der Waals surface area contributed by atoms with E-state index in [-0.39, 0.29) is 5.88 Å². The maximum Gasteiger partial charge on any atom is 0.386 e. The Balaban J connectivity index is 2.06. The topological polar surface area (TPSA) is 77.3 Å². The van der Waals surface area contributed by atoms with Crippen molar-refractivity contribution in [3.63, 3.8) is 0 Å². The van der Waals surface area contributed by atoms with Gasteiger partial charge in [0, 0.05) is 12.1 Å². The van der Waals surface area contributed by atoms with Gasteiger partial charge < -0.3 is 9.94 Å². The number of fused-ring (bicyclic) bond motifs is 3. The Labute approximate surface area is 143 Å². The molecular weight excluding hydrogens is 316 g/mol. The zero-order chi connectivity index (χ0) is 17.4. The first-order valence-corrected chi connectivity index (χ1v) is 7.92. The maximum atomic E-state index is 12.0. The highest BCUT2D eigenvalue weighted by atomic mass is 16.6. The Hall–Kier alpha value is -3.59. The molecule has 122 valence electrons. The lowest BCUT2D eigenvalue weighted by atomic mass is 10.1. The molecule has 0 spiro atoms. The van der Waals surface area contributed by atoms with E-state index in [9.17, 15) is 10.5 Å². The van der Waals surface area contributed by atoms with E-state index in [1.54, 1.807) is 28.7 Å². The van der Waals surface area contributed by atoms with Crippen LogP contribution in [0.15, 0.2) is 54.7 Å². The first-order chi connectivity index (χ1) is 12.2. The van der Waals surface area contributed by atoms with Gasteiger partial charge >= 0.3 is 5.88 Å². The number of pyridine rings is 2. The van der Waals surface area contributed by atoms with Crippen molar-refractivity contribution in [2.24, 2.45) is 0 Å². The number of para-hydroxylation sites is 2. The highest BCUT2D eigenvalue weighted by molar-refractivity contribution is 5.83. The first-order valence-electron chi connectivity index (χ1n) is 7.92. The number of hydrogen-bond acceptors (Lipinski definition) is 4. The molecule has 4 aromatic rings. The molecule has 3 aromatic heterocycles.